The van der Waals surface area contributed by atoms with Crippen molar-refractivity contribution in [3.05, 3.63) is 0 Å². The summed E-state index contributed by atoms with van der Waals surface area (Å²) in [7, 11) is 0. The molecule has 0 aromatic rings. The summed E-state index contributed by atoms with van der Waals surface area (Å²) in [5.74, 6) is -2.22. The number of halogens is 3. The zero-order chi connectivity index (χ0) is 21.6. The minimum atomic E-state index is -4.98. The highest BCUT2D eigenvalue weighted by Gasteiger charge is 2.40. The standard InChI is InChI=1S/C18H33F3O8/c1-2-3-4-23-5-6-24-7-8-25-9-10-26-11-12-27-13-14-28-15-16-29-17(22)18(19,20)21/h2-16H2,1H3. The van der Waals surface area contributed by atoms with E-state index < -0.39 is 18.8 Å². The Balaban J connectivity index is 3.09. The van der Waals surface area contributed by atoms with Crippen LogP contribution < -0.4 is 0 Å². The molecule has 29 heavy (non-hydrogen) atoms. The fourth-order valence-electron chi connectivity index (χ4n) is 1.72. The van der Waals surface area contributed by atoms with E-state index in [0.29, 0.717) is 52.9 Å². The van der Waals surface area contributed by atoms with E-state index in [2.05, 4.69) is 11.7 Å². The molecule has 0 heterocycles. The molecule has 11 heteroatoms. The predicted molar refractivity (Wildman–Crippen MR) is 96.8 cm³/mol. The van der Waals surface area contributed by atoms with Gasteiger partial charge in [0.15, 0.2) is 0 Å². The van der Waals surface area contributed by atoms with Crippen LogP contribution in [0.2, 0.25) is 0 Å². The fraction of sp³-hybridized carbons (Fsp3) is 0.944. The second kappa shape index (κ2) is 20.3. The van der Waals surface area contributed by atoms with Gasteiger partial charge in [0.25, 0.3) is 0 Å². The average Bonchev–Trinajstić information content (AvgIpc) is 2.68. The second-order valence-corrected chi connectivity index (χ2v) is 5.66. The summed E-state index contributed by atoms with van der Waals surface area (Å²) in [6.45, 7) is 6.52. The quantitative estimate of drug-likeness (QED) is 0.200. The van der Waals surface area contributed by atoms with Gasteiger partial charge in [-0.1, -0.05) is 13.3 Å². The molecule has 0 rings (SSSR count). The fourth-order valence-corrected chi connectivity index (χ4v) is 1.72. The van der Waals surface area contributed by atoms with Crippen LogP contribution in [-0.2, 0) is 38.0 Å². The third-order valence-corrected chi connectivity index (χ3v) is 3.19. The summed E-state index contributed by atoms with van der Waals surface area (Å²) in [5, 5.41) is 0. The molecular formula is C18H33F3O8. The van der Waals surface area contributed by atoms with E-state index >= 15 is 0 Å². The van der Waals surface area contributed by atoms with E-state index in [4.69, 9.17) is 28.4 Å². The predicted octanol–water partition coefficient (Wildman–Crippen LogP) is 1.99. The van der Waals surface area contributed by atoms with Crippen molar-refractivity contribution in [1.82, 2.24) is 0 Å². The first-order valence-electron chi connectivity index (χ1n) is 9.69. The molecule has 174 valence electrons. The van der Waals surface area contributed by atoms with Crippen LogP contribution in [0.5, 0.6) is 0 Å². The van der Waals surface area contributed by atoms with Crippen LogP contribution in [0, 0.1) is 0 Å². The number of carbonyl (C=O) groups excluding carboxylic acids is 1. The molecule has 0 unspecified atom stereocenters. The maximum atomic E-state index is 11.8. The lowest BCUT2D eigenvalue weighted by Crippen LogP contribution is -2.26. The summed E-state index contributed by atoms with van der Waals surface area (Å²) in [4.78, 5) is 10.4. The van der Waals surface area contributed by atoms with Crippen LogP contribution in [0.15, 0.2) is 0 Å². The minimum absolute atomic E-state index is 0.130. The molecule has 0 saturated carbocycles. The highest BCUT2D eigenvalue weighted by atomic mass is 19.4. The smallest absolute Gasteiger partial charge is 0.457 e. The number of rotatable bonds is 21. The number of esters is 1. The number of hydrogen-bond acceptors (Lipinski definition) is 8. The van der Waals surface area contributed by atoms with Crippen molar-refractivity contribution in [3.8, 4) is 0 Å². The van der Waals surface area contributed by atoms with E-state index in [9.17, 15) is 18.0 Å². The van der Waals surface area contributed by atoms with E-state index in [-0.39, 0.29) is 19.8 Å². The van der Waals surface area contributed by atoms with Crippen molar-refractivity contribution in [2.75, 3.05) is 85.9 Å². The van der Waals surface area contributed by atoms with Crippen molar-refractivity contribution in [1.29, 1.82) is 0 Å². The molecule has 0 bridgehead atoms. The van der Waals surface area contributed by atoms with Gasteiger partial charge in [0.05, 0.1) is 72.7 Å². The van der Waals surface area contributed by atoms with E-state index in [1.807, 2.05) is 0 Å². The third kappa shape index (κ3) is 21.5. The molecule has 0 aromatic carbocycles. The molecule has 8 nitrogen and oxygen atoms in total. The van der Waals surface area contributed by atoms with E-state index in [1.165, 1.54) is 0 Å². The molecule has 0 saturated heterocycles. The Hall–Kier alpha value is -0.980. The zero-order valence-corrected chi connectivity index (χ0v) is 17.0. The van der Waals surface area contributed by atoms with Crippen molar-refractivity contribution in [3.63, 3.8) is 0 Å². The Morgan fingerprint density at radius 1 is 0.586 bits per heavy atom. The Morgan fingerprint density at radius 3 is 1.21 bits per heavy atom. The summed E-state index contributed by atoms with van der Waals surface area (Å²) >= 11 is 0. The first kappa shape index (κ1) is 28.0. The van der Waals surface area contributed by atoms with Crippen LogP contribution in [0.4, 0.5) is 13.2 Å². The molecule has 0 aromatic heterocycles. The molecule has 0 fully saturated rings. The van der Waals surface area contributed by atoms with Crippen LogP contribution in [0.25, 0.3) is 0 Å². The van der Waals surface area contributed by atoms with Crippen LogP contribution in [0.3, 0.4) is 0 Å². The SMILES string of the molecule is CCCCOCCOCCOCCOCCOCCOCCOC(=O)C(F)(F)F. The van der Waals surface area contributed by atoms with Crippen LogP contribution in [0.1, 0.15) is 19.8 Å². The lowest BCUT2D eigenvalue weighted by atomic mass is 10.4. The summed E-state index contributed by atoms with van der Waals surface area (Å²) < 4.78 is 71.0. The number of unbranched alkanes of at least 4 members (excludes halogenated alkanes) is 1. The molecule has 0 aliphatic heterocycles. The van der Waals surface area contributed by atoms with Crippen molar-refractivity contribution < 1.29 is 51.1 Å². The Morgan fingerprint density at radius 2 is 0.897 bits per heavy atom. The maximum absolute atomic E-state index is 11.8. The topological polar surface area (TPSA) is 81.7 Å². The Bertz CT molecular complexity index is 370. The van der Waals surface area contributed by atoms with Gasteiger partial charge in [-0.25, -0.2) is 4.79 Å². The van der Waals surface area contributed by atoms with E-state index in [0.717, 1.165) is 19.4 Å². The lowest BCUT2D eigenvalue weighted by Gasteiger charge is -2.09. The Labute approximate surface area is 169 Å². The van der Waals surface area contributed by atoms with Crippen molar-refractivity contribution >= 4 is 5.97 Å². The normalized spacial score (nSPS) is 11.7. The second-order valence-electron chi connectivity index (χ2n) is 5.66. The minimum Gasteiger partial charge on any atom is -0.457 e. The van der Waals surface area contributed by atoms with E-state index in [1.54, 1.807) is 0 Å². The number of carbonyl (C=O) groups is 1. The molecule has 0 N–H and O–H groups in total. The number of alkyl halides is 3. The van der Waals surface area contributed by atoms with Crippen molar-refractivity contribution in [2.45, 2.75) is 25.9 Å². The molecule has 0 atom stereocenters. The van der Waals surface area contributed by atoms with Gasteiger partial charge >= 0.3 is 12.1 Å². The molecule has 0 aliphatic carbocycles. The maximum Gasteiger partial charge on any atom is 0.490 e. The molecule has 0 radical (unpaired) electrons. The number of hydrogen-bond donors (Lipinski definition) is 0. The van der Waals surface area contributed by atoms with Gasteiger partial charge in [-0.3, -0.25) is 0 Å². The molecule has 0 aliphatic rings. The van der Waals surface area contributed by atoms with Gasteiger partial charge < -0.3 is 33.2 Å². The van der Waals surface area contributed by atoms with Gasteiger partial charge in [-0.2, -0.15) is 13.2 Å². The summed E-state index contributed by atoms with van der Waals surface area (Å²) in [5.41, 5.74) is 0. The first-order valence-corrected chi connectivity index (χ1v) is 9.69. The largest absolute Gasteiger partial charge is 0.490 e. The first-order chi connectivity index (χ1) is 14.0. The summed E-state index contributed by atoms with van der Waals surface area (Å²) in [6, 6.07) is 0. The van der Waals surface area contributed by atoms with Crippen LogP contribution in [-0.4, -0.2) is 98.0 Å². The van der Waals surface area contributed by atoms with Gasteiger partial charge in [-0.05, 0) is 6.42 Å². The zero-order valence-electron chi connectivity index (χ0n) is 17.0. The van der Waals surface area contributed by atoms with Crippen LogP contribution >= 0.6 is 0 Å². The van der Waals surface area contributed by atoms with Crippen molar-refractivity contribution in [2.24, 2.45) is 0 Å². The molecule has 0 amide bonds. The Kier molecular flexibility index (Phi) is 19.6. The third-order valence-electron chi connectivity index (χ3n) is 3.19. The summed E-state index contributed by atoms with van der Waals surface area (Å²) in [6.07, 6.45) is -2.80. The van der Waals surface area contributed by atoms with Gasteiger partial charge in [-0.15, -0.1) is 0 Å². The average molecular weight is 434 g/mol. The van der Waals surface area contributed by atoms with Gasteiger partial charge in [0.2, 0.25) is 0 Å². The van der Waals surface area contributed by atoms with Gasteiger partial charge in [0, 0.05) is 6.61 Å². The highest BCUT2D eigenvalue weighted by Crippen LogP contribution is 2.16. The lowest BCUT2D eigenvalue weighted by molar-refractivity contribution is -0.200. The van der Waals surface area contributed by atoms with Gasteiger partial charge in [0.1, 0.15) is 6.61 Å². The molecule has 0 spiro atoms. The monoisotopic (exact) mass is 434 g/mol. The highest BCUT2D eigenvalue weighted by molar-refractivity contribution is 5.75. The molecular weight excluding hydrogens is 401 g/mol. The number of ether oxygens (including phenoxy) is 7.